The van der Waals surface area contributed by atoms with Crippen molar-refractivity contribution < 1.29 is 9.32 Å². The first-order valence-electron chi connectivity index (χ1n) is 9.32. The molecular weight excluding hydrogens is 290 g/mol. The second-order valence-corrected chi connectivity index (χ2v) is 7.42. The van der Waals surface area contributed by atoms with Gasteiger partial charge in [0.2, 0.25) is 0 Å². The molecule has 126 valence electrons. The fourth-order valence-corrected chi connectivity index (χ4v) is 4.23. The van der Waals surface area contributed by atoms with Crippen LogP contribution in [0.25, 0.3) is 0 Å². The quantitative estimate of drug-likeness (QED) is 0.906. The molecule has 1 aromatic rings. The van der Waals surface area contributed by atoms with E-state index in [9.17, 15) is 4.79 Å². The first-order chi connectivity index (χ1) is 11.3. The zero-order valence-electron chi connectivity index (χ0n) is 13.8. The zero-order valence-corrected chi connectivity index (χ0v) is 13.8. The third kappa shape index (κ3) is 3.44. The van der Waals surface area contributed by atoms with Gasteiger partial charge in [0, 0.05) is 30.6 Å². The van der Waals surface area contributed by atoms with Gasteiger partial charge in [0.1, 0.15) is 5.76 Å². The molecule has 4 rings (SSSR count). The van der Waals surface area contributed by atoms with Gasteiger partial charge in [-0.15, -0.1) is 0 Å². The molecule has 1 atom stereocenters. The highest BCUT2D eigenvalue weighted by atomic mass is 16.5. The third-order valence-electron chi connectivity index (χ3n) is 5.71. The molecule has 2 saturated carbocycles. The van der Waals surface area contributed by atoms with E-state index in [2.05, 4.69) is 15.4 Å². The van der Waals surface area contributed by atoms with Crippen LogP contribution in [0.1, 0.15) is 80.0 Å². The number of carbonyl (C=O) groups excluding carboxylic acids is 1. The number of hydrogen-bond acceptors (Lipinski definition) is 4. The summed E-state index contributed by atoms with van der Waals surface area (Å²) in [7, 11) is 0. The van der Waals surface area contributed by atoms with E-state index in [0.717, 1.165) is 31.2 Å². The summed E-state index contributed by atoms with van der Waals surface area (Å²) in [6.45, 7) is 1.93. The Morgan fingerprint density at radius 2 is 2.00 bits per heavy atom. The summed E-state index contributed by atoms with van der Waals surface area (Å²) in [5.74, 6) is 1.29. The van der Waals surface area contributed by atoms with Crippen LogP contribution in [0.2, 0.25) is 0 Å². The van der Waals surface area contributed by atoms with Crippen LogP contribution in [0.15, 0.2) is 10.6 Å². The smallest absolute Gasteiger partial charge is 0.273 e. The summed E-state index contributed by atoms with van der Waals surface area (Å²) in [6, 6.07) is 3.05. The fourth-order valence-electron chi connectivity index (χ4n) is 4.23. The summed E-state index contributed by atoms with van der Waals surface area (Å²) >= 11 is 0. The molecule has 1 N–H and O–H groups in total. The average Bonchev–Trinajstić information content (AvgIpc) is 3.14. The van der Waals surface area contributed by atoms with E-state index in [1.165, 1.54) is 51.5 Å². The van der Waals surface area contributed by atoms with E-state index in [4.69, 9.17) is 4.52 Å². The van der Waals surface area contributed by atoms with Crippen molar-refractivity contribution in [2.75, 3.05) is 13.1 Å². The maximum absolute atomic E-state index is 12.3. The molecule has 0 bridgehead atoms. The minimum absolute atomic E-state index is 0.0869. The Kier molecular flexibility index (Phi) is 4.38. The summed E-state index contributed by atoms with van der Waals surface area (Å²) in [5, 5.41) is 7.01. The van der Waals surface area contributed by atoms with Crippen LogP contribution in [-0.2, 0) is 0 Å². The number of rotatable bonds is 5. The number of nitrogens with one attached hydrogen (secondary N) is 1. The van der Waals surface area contributed by atoms with Crippen molar-refractivity contribution in [1.82, 2.24) is 15.4 Å². The van der Waals surface area contributed by atoms with Crippen molar-refractivity contribution in [3.05, 3.63) is 17.5 Å². The van der Waals surface area contributed by atoms with Crippen molar-refractivity contribution in [2.45, 2.75) is 75.8 Å². The van der Waals surface area contributed by atoms with E-state index >= 15 is 0 Å². The van der Waals surface area contributed by atoms with Gasteiger partial charge in [-0.1, -0.05) is 24.4 Å². The van der Waals surface area contributed by atoms with Gasteiger partial charge < -0.3 is 9.84 Å². The Hall–Kier alpha value is -1.36. The van der Waals surface area contributed by atoms with Crippen LogP contribution in [-0.4, -0.2) is 41.1 Å². The number of amides is 1. The second kappa shape index (κ2) is 6.63. The van der Waals surface area contributed by atoms with Gasteiger partial charge in [-0.3, -0.25) is 9.69 Å². The molecule has 0 unspecified atom stereocenters. The van der Waals surface area contributed by atoms with Gasteiger partial charge in [-0.25, -0.2) is 0 Å². The molecule has 0 aromatic carbocycles. The summed E-state index contributed by atoms with van der Waals surface area (Å²) < 4.78 is 5.28. The van der Waals surface area contributed by atoms with Crippen LogP contribution in [0.3, 0.4) is 0 Å². The monoisotopic (exact) mass is 317 g/mol. The van der Waals surface area contributed by atoms with Crippen LogP contribution in [0.5, 0.6) is 0 Å². The molecule has 0 radical (unpaired) electrons. The van der Waals surface area contributed by atoms with Crippen LogP contribution >= 0.6 is 0 Å². The number of carbonyl (C=O) groups is 1. The Balaban J connectivity index is 1.30. The van der Waals surface area contributed by atoms with Crippen molar-refractivity contribution >= 4 is 5.91 Å². The lowest BCUT2D eigenvalue weighted by molar-refractivity contribution is 0.0911. The van der Waals surface area contributed by atoms with E-state index in [-0.39, 0.29) is 5.91 Å². The Bertz CT molecular complexity index is 546. The molecule has 0 spiro atoms. The molecule has 5 nitrogen and oxygen atoms in total. The largest absolute Gasteiger partial charge is 0.360 e. The van der Waals surface area contributed by atoms with Crippen molar-refractivity contribution in [3.63, 3.8) is 0 Å². The predicted octanol–water partition coefficient (Wildman–Crippen LogP) is 3.08. The Labute approximate surface area is 137 Å². The topological polar surface area (TPSA) is 58.4 Å². The molecule has 3 aliphatic rings. The predicted molar refractivity (Wildman–Crippen MR) is 87.4 cm³/mol. The van der Waals surface area contributed by atoms with E-state index < -0.39 is 0 Å². The van der Waals surface area contributed by atoms with Crippen LogP contribution in [0, 0.1) is 0 Å². The third-order valence-corrected chi connectivity index (χ3v) is 5.71. The van der Waals surface area contributed by atoms with Gasteiger partial charge in [0.15, 0.2) is 5.69 Å². The Morgan fingerprint density at radius 1 is 1.17 bits per heavy atom. The number of nitrogens with zero attached hydrogens (tertiary/aromatic N) is 2. The molecule has 1 amide bonds. The minimum Gasteiger partial charge on any atom is -0.360 e. The molecule has 1 aromatic heterocycles. The highest BCUT2D eigenvalue weighted by Gasteiger charge is 2.32. The maximum Gasteiger partial charge on any atom is 0.273 e. The average molecular weight is 317 g/mol. The lowest BCUT2D eigenvalue weighted by Gasteiger charge is -2.35. The van der Waals surface area contributed by atoms with E-state index in [1.807, 2.05) is 6.07 Å². The second-order valence-electron chi connectivity index (χ2n) is 7.42. The normalized spacial score (nSPS) is 26.5. The number of aromatic nitrogens is 1. The summed E-state index contributed by atoms with van der Waals surface area (Å²) in [4.78, 5) is 14.9. The maximum atomic E-state index is 12.3. The molecule has 3 fully saturated rings. The fraction of sp³-hybridized carbons (Fsp3) is 0.778. The van der Waals surface area contributed by atoms with Crippen molar-refractivity contribution in [3.8, 4) is 0 Å². The molecular formula is C18H27N3O2. The van der Waals surface area contributed by atoms with Crippen LogP contribution < -0.4 is 5.32 Å². The highest BCUT2D eigenvalue weighted by molar-refractivity contribution is 5.92. The first-order valence-corrected chi connectivity index (χ1v) is 9.32. The Morgan fingerprint density at radius 3 is 2.78 bits per heavy atom. The summed E-state index contributed by atoms with van der Waals surface area (Å²) in [6.07, 6.45) is 11.6. The number of hydrogen-bond donors (Lipinski definition) is 1. The number of likely N-dealkylation sites (tertiary alicyclic amines) is 1. The van der Waals surface area contributed by atoms with Gasteiger partial charge in [0.25, 0.3) is 5.91 Å². The summed E-state index contributed by atoms with van der Waals surface area (Å²) in [5.41, 5.74) is 0.439. The van der Waals surface area contributed by atoms with Crippen LogP contribution in [0.4, 0.5) is 0 Å². The van der Waals surface area contributed by atoms with Gasteiger partial charge >= 0.3 is 0 Å². The van der Waals surface area contributed by atoms with Gasteiger partial charge in [-0.05, 0) is 45.1 Å². The lowest BCUT2D eigenvalue weighted by Crippen LogP contribution is -2.45. The highest BCUT2D eigenvalue weighted by Crippen LogP contribution is 2.40. The lowest BCUT2D eigenvalue weighted by atomic mass is 9.94. The van der Waals surface area contributed by atoms with E-state index in [1.54, 1.807) is 0 Å². The van der Waals surface area contributed by atoms with E-state index in [0.29, 0.717) is 17.7 Å². The SMILES string of the molecule is O=C(NC[C@@H]1CCCN1C1CCCCC1)c1cc(C2CC2)on1. The first kappa shape index (κ1) is 15.2. The zero-order chi connectivity index (χ0) is 15.6. The molecule has 1 saturated heterocycles. The molecule has 2 heterocycles. The molecule has 2 aliphatic carbocycles. The van der Waals surface area contributed by atoms with Crippen molar-refractivity contribution in [2.24, 2.45) is 0 Å². The molecule has 5 heteroatoms. The molecule has 1 aliphatic heterocycles. The van der Waals surface area contributed by atoms with Crippen molar-refractivity contribution in [1.29, 1.82) is 0 Å². The standard InChI is InChI=1S/C18H27N3O2/c22-18(16-11-17(23-20-16)13-8-9-13)19-12-15-7-4-10-21(15)14-5-2-1-3-6-14/h11,13-15H,1-10,12H2,(H,19,22)/t15-/m0/s1. The molecule has 23 heavy (non-hydrogen) atoms. The van der Waals surface area contributed by atoms with Gasteiger partial charge in [-0.2, -0.15) is 0 Å². The minimum atomic E-state index is -0.0869. The van der Waals surface area contributed by atoms with Gasteiger partial charge in [0.05, 0.1) is 0 Å².